The fourth-order valence-electron chi connectivity index (χ4n) is 4.81. The predicted octanol–water partition coefficient (Wildman–Crippen LogP) is 3.54. The molecule has 1 atom stereocenters. The highest BCUT2D eigenvalue weighted by Crippen LogP contribution is 2.32. The van der Waals surface area contributed by atoms with E-state index in [1.807, 2.05) is 0 Å². The number of fused-ring (bicyclic) bond motifs is 1. The van der Waals surface area contributed by atoms with Crippen LogP contribution in [0.3, 0.4) is 0 Å². The first kappa shape index (κ1) is 27.4. The largest absolute Gasteiger partial charge is 0.384 e. The summed E-state index contributed by atoms with van der Waals surface area (Å²) in [6.45, 7) is 3.02. The lowest BCUT2D eigenvalue weighted by molar-refractivity contribution is -0.136. The Morgan fingerprint density at radius 3 is 2.11 bits per heavy atom. The molecular weight excluding hydrogens is 460 g/mol. The van der Waals surface area contributed by atoms with Crippen molar-refractivity contribution in [2.24, 2.45) is 0 Å². The van der Waals surface area contributed by atoms with E-state index in [-0.39, 0.29) is 24.7 Å². The number of nitrogens with one attached hydrogen (secondary N) is 3. The maximum Gasteiger partial charge on any atom is 0.264 e. The summed E-state index contributed by atoms with van der Waals surface area (Å²) in [7, 11) is 0. The van der Waals surface area contributed by atoms with Crippen molar-refractivity contribution in [1.29, 1.82) is 0 Å². The summed E-state index contributed by atoms with van der Waals surface area (Å²) < 4.78 is 0. The highest BCUT2D eigenvalue weighted by atomic mass is 16.2. The smallest absolute Gasteiger partial charge is 0.264 e. The van der Waals surface area contributed by atoms with Crippen molar-refractivity contribution in [3.05, 3.63) is 29.3 Å². The van der Waals surface area contributed by atoms with Gasteiger partial charge in [0.2, 0.25) is 17.7 Å². The molecule has 196 valence electrons. The normalized spacial score (nSPS) is 17.2. The number of nitrogens with zero attached hydrogens (tertiary/aromatic N) is 1. The second-order valence-electron chi connectivity index (χ2n) is 9.62. The van der Waals surface area contributed by atoms with E-state index in [9.17, 15) is 24.0 Å². The van der Waals surface area contributed by atoms with Crippen LogP contribution in [-0.4, -0.2) is 53.6 Å². The SMILES string of the molecule is CC(=O)NCCCCCCCCCCCCNc1cccc2c1C(=O)N(C1CCC(=O)NC1=O)C2=O. The van der Waals surface area contributed by atoms with Gasteiger partial charge in [0, 0.05) is 32.1 Å². The number of benzene rings is 1. The van der Waals surface area contributed by atoms with Crippen LogP contribution >= 0.6 is 0 Å². The third-order valence-corrected chi connectivity index (χ3v) is 6.76. The van der Waals surface area contributed by atoms with Gasteiger partial charge in [-0.15, -0.1) is 0 Å². The second kappa shape index (κ2) is 13.8. The van der Waals surface area contributed by atoms with Crippen LogP contribution in [0.1, 0.15) is 105 Å². The van der Waals surface area contributed by atoms with E-state index in [1.165, 1.54) is 32.1 Å². The van der Waals surface area contributed by atoms with Crippen LogP contribution in [0, 0.1) is 0 Å². The molecule has 3 N–H and O–H groups in total. The van der Waals surface area contributed by atoms with E-state index in [0.29, 0.717) is 23.4 Å². The number of amides is 5. The lowest BCUT2D eigenvalue weighted by Crippen LogP contribution is -2.54. The van der Waals surface area contributed by atoms with Gasteiger partial charge in [-0.3, -0.25) is 34.2 Å². The van der Waals surface area contributed by atoms with Gasteiger partial charge in [0.25, 0.3) is 11.8 Å². The summed E-state index contributed by atoms with van der Waals surface area (Å²) in [4.78, 5) is 61.5. The van der Waals surface area contributed by atoms with Crippen LogP contribution in [0.5, 0.6) is 0 Å². The van der Waals surface area contributed by atoms with Gasteiger partial charge < -0.3 is 10.6 Å². The number of unbranched alkanes of at least 4 members (excludes halogenated alkanes) is 9. The standard InChI is InChI=1S/C27H38N4O5/c1-19(32)28-17-10-8-6-4-2-3-5-7-9-11-18-29-21-14-12-13-20-24(21)27(36)31(26(20)35)22-15-16-23(33)30-25(22)34/h12-14,22,29H,2-11,15-18H2,1H3,(H,28,32)(H,30,33,34). The Kier molecular flexibility index (Phi) is 10.5. The van der Waals surface area contributed by atoms with Gasteiger partial charge in [0.05, 0.1) is 11.1 Å². The molecule has 9 nitrogen and oxygen atoms in total. The lowest BCUT2D eigenvalue weighted by Gasteiger charge is -2.27. The monoisotopic (exact) mass is 498 g/mol. The number of carbonyl (C=O) groups is 5. The second-order valence-corrected chi connectivity index (χ2v) is 9.62. The molecule has 3 rings (SSSR count). The average Bonchev–Trinajstić information content (AvgIpc) is 3.09. The van der Waals surface area contributed by atoms with Gasteiger partial charge in [-0.2, -0.15) is 0 Å². The Balaban J connectivity index is 1.33. The molecule has 2 heterocycles. The van der Waals surface area contributed by atoms with E-state index >= 15 is 0 Å². The van der Waals surface area contributed by atoms with E-state index in [0.717, 1.165) is 43.5 Å². The quantitative estimate of drug-likeness (QED) is 0.251. The molecule has 0 aromatic heterocycles. The highest BCUT2D eigenvalue weighted by molar-refractivity contribution is 6.25. The molecule has 1 fully saturated rings. The van der Waals surface area contributed by atoms with Crippen LogP contribution in [0.15, 0.2) is 18.2 Å². The molecule has 1 saturated heterocycles. The number of imide groups is 2. The van der Waals surface area contributed by atoms with E-state index in [1.54, 1.807) is 25.1 Å². The van der Waals surface area contributed by atoms with Gasteiger partial charge in [-0.1, -0.05) is 57.4 Å². The van der Waals surface area contributed by atoms with E-state index in [4.69, 9.17) is 0 Å². The summed E-state index contributed by atoms with van der Waals surface area (Å²) >= 11 is 0. The summed E-state index contributed by atoms with van der Waals surface area (Å²) in [5, 5.41) is 8.34. The van der Waals surface area contributed by atoms with Crippen molar-refractivity contribution in [1.82, 2.24) is 15.5 Å². The summed E-state index contributed by atoms with van der Waals surface area (Å²) in [6, 6.07) is 4.18. The molecule has 0 saturated carbocycles. The molecule has 0 spiro atoms. The molecule has 1 aromatic rings. The molecule has 2 aliphatic heterocycles. The molecule has 1 unspecified atom stereocenters. The zero-order valence-electron chi connectivity index (χ0n) is 21.2. The molecule has 0 aliphatic carbocycles. The summed E-state index contributed by atoms with van der Waals surface area (Å²) in [5.74, 6) is -1.91. The van der Waals surface area contributed by atoms with Crippen molar-refractivity contribution in [2.75, 3.05) is 18.4 Å². The van der Waals surface area contributed by atoms with Crippen molar-refractivity contribution >= 4 is 35.2 Å². The Bertz CT molecular complexity index is 977. The predicted molar refractivity (Wildman–Crippen MR) is 136 cm³/mol. The number of hydrogen-bond donors (Lipinski definition) is 3. The minimum absolute atomic E-state index is 0.0397. The molecule has 0 radical (unpaired) electrons. The first-order valence-corrected chi connectivity index (χ1v) is 13.2. The molecular formula is C27H38N4O5. The summed E-state index contributed by atoms with van der Waals surface area (Å²) in [5.41, 5.74) is 1.22. The van der Waals surface area contributed by atoms with Crippen LogP contribution in [0.25, 0.3) is 0 Å². The van der Waals surface area contributed by atoms with Crippen molar-refractivity contribution < 1.29 is 24.0 Å². The topological polar surface area (TPSA) is 125 Å². The van der Waals surface area contributed by atoms with E-state index < -0.39 is 23.8 Å². The zero-order chi connectivity index (χ0) is 25.9. The maximum atomic E-state index is 13.1. The first-order valence-electron chi connectivity index (χ1n) is 13.2. The van der Waals surface area contributed by atoms with Crippen molar-refractivity contribution in [3.8, 4) is 0 Å². The molecule has 36 heavy (non-hydrogen) atoms. The number of piperidine rings is 1. The number of carbonyl (C=O) groups excluding carboxylic acids is 5. The number of rotatable bonds is 15. The van der Waals surface area contributed by atoms with Gasteiger partial charge in [0.1, 0.15) is 6.04 Å². The Hall–Kier alpha value is -3.23. The van der Waals surface area contributed by atoms with Crippen LogP contribution in [-0.2, 0) is 14.4 Å². The van der Waals surface area contributed by atoms with Gasteiger partial charge >= 0.3 is 0 Å². The maximum absolute atomic E-state index is 13.1. The Morgan fingerprint density at radius 2 is 1.50 bits per heavy atom. The van der Waals surface area contributed by atoms with Gasteiger partial charge in [0.15, 0.2) is 0 Å². The average molecular weight is 499 g/mol. The van der Waals surface area contributed by atoms with Crippen LogP contribution < -0.4 is 16.0 Å². The Morgan fingerprint density at radius 1 is 0.889 bits per heavy atom. The van der Waals surface area contributed by atoms with Gasteiger partial charge in [-0.25, -0.2) is 0 Å². The summed E-state index contributed by atoms with van der Waals surface area (Å²) in [6.07, 6.45) is 11.8. The molecule has 5 amide bonds. The fourth-order valence-corrected chi connectivity index (χ4v) is 4.81. The number of hydrogen-bond acceptors (Lipinski definition) is 6. The minimum atomic E-state index is -0.952. The molecule has 1 aromatic carbocycles. The third kappa shape index (κ3) is 7.38. The first-order chi connectivity index (χ1) is 17.4. The van der Waals surface area contributed by atoms with Gasteiger partial charge in [-0.05, 0) is 31.4 Å². The van der Waals surface area contributed by atoms with Crippen molar-refractivity contribution in [3.63, 3.8) is 0 Å². The zero-order valence-corrected chi connectivity index (χ0v) is 21.2. The van der Waals surface area contributed by atoms with Crippen LogP contribution in [0.2, 0.25) is 0 Å². The van der Waals surface area contributed by atoms with E-state index in [2.05, 4.69) is 16.0 Å². The number of anilines is 1. The molecule has 0 bridgehead atoms. The lowest BCUT2D eigenvalue weighted by atomic mass is 10.0. The highest BCUT2D eigenvalue weighted by Gasteiger charge is 2.45. The molecule has 9 heteroatoms. The van der Waals surface area contributed by atoms with Crippen molar-refractivity contribution in [2.45, 2.75) is 90.0 Å². The van der Waals surface area contributed by atoms with Crippen LogP contribution in [0.4, 0.5) is 5.69 Å². The Labute approximate surface area is 212 Å². The third-order valence-electron chi connectivity index (χ3n) is 6.76. The molecule has 2 aliphatic rings. The minimum Gasteiger partial charge on any atom is -0.384 e. The fraction of sp³-hybridized carbons (Fsp3) is 0.593.